The van der Waals surface area contributed by atoms with E-state index in [4.69, 9.17) is 9.84 Å². The van der Waals surface area contributed by atoms with E-state index in [0.29, 0.717) is 11.5 Å². The van der Waals surface area contributed by atoms with Crippen molar-refractivity contribution in [1.29, 1.82) is 0 Å². The van der Waals surface area contributed by atoms with Gasteiger partial charge in [0.05, 0.1) is 6.10 Å². The largest absolute Gasteiger partial charge is 0.396 e. The summed E-state index contributed by atoms with van der Waals surface area (Å²) in [5.41, 5.74) is 2.12. The van der Waals surface area contributed by atoms with E-state index in [1.807, 2.05) is 0 Å². The van der Waals surface area contributed by atoms with Crippen molar-refractivity contribution < 1.29 is 9.84 Å². The van der Waals surface area contributed by atoms with Crippen LogP contribution in [0, 0.1) is 46.8 Å². The van der Waals surface area contributed by atoms with Crippen molar-refractivity contribution in [2.75, 3.05) is 13.2 Å². The standard InChI is InChI=1S/C32H58O2/c1-23(2)10-9-11-26(5)30-16-17-31-29-15-12-24(3)22-27(34-21-8-7-20-33)14-13-25(4)28(29)18-19-32(30,31)6/h12,23,25-31,33H,7-11,13-22H2,1-6H3/b24-12+/t25-,26?,27?,28?,29?,30+,31?,32+/m0/s1. The van der Waals surface area contributed by atoms with Gasteiger partial charge in [-0.25, -0.2) is 0 Å². The summed E-state index contributed by atoms with van der Waals surface area (Å²) < 4.78 is 6.29. The molecule has 3 rings (SSSR count). The molecule has 3 aliphatic rings. The second-order valence-electron chi connectivity index (χ2n) is 13.4. The van der Waals surface area contributed by atoms with E-state index in [9.17, 15) is 0 Å². The van der Waals surface area contributed by atoms with Gasteiger partial charge in [0.2, 0.25) is 0 Å². The molecule has 0 bridgehead atoms. The zero-order valence-corrected chi connectivity index (χ0v) is 23.7. The van der Waals surface area contributed by atoms with Crippen molar-refractivity contribution in [3.8, 4) is 0 Å². The number of fused-ring (bicyclic) bond motifs is 3. The van der Waals surface area contributed by atoms with Gasteiger partial charge < -0.3 is 9.84 Å². The monoisotopic (exact) mass is 474 g/mol. The SMILES string of the molecule is C/C1=C\CC2C(CC[C@@]3(C)C2CC[C@@H]3C(C)CCCC(C)C)[C@@H](C)CCC(OCCCCO)C1. The average molecular weight is 475 g/mol. The van der Waals surface area contributed by atoms with Gasteiger partial charge in [-0.1, -0.05) is 65.5 Å². The van der Waals surface area contributed by atoms with Gasteiger partial charge in [-0.3, -0.25) is 0 Å². The van der Waals surface area contributed by atoms with Gasteiger partial charge in [-0.05, 0) is 118 Å². The second kappa shape index (κ2) is 13.3. The van der Waals surface area contributed by atoms with Crippen LogP contribution in [0.3, 0.4) is 0 Å². The molecule has 2 fully saturated rings. The van der Waals surface area contributed by atoms with Crippen LogP contribution in [-0.4, -0.2) is 24.4 Å². The zero-order chi connectivity index (χ0) is 24.7. The van der Waals surface area contributed by atoms with Crippen molar-refractivity contribution in [2.24, 2.45) is 46.8 Å². The van der Waals surface area contributed by atoms with Crippen LogP contribution in [0.5, 0.6) is 0 Å². The van der Waals surface area contributed by atoms with Crippen molar-refractivity contribution >= 4 is 0 Å². The third kappa shape index (κ3) is 7.12. The fourth-order valence-corrected chi connectivity index (χ4v) is 8.54. The highest BCUT2D eigenvalue weighted by molar-refractivity contribution is 5.08. The molecule has 0 heterocycles. The van der Waals surface area contributed by atoms with Crippen LogP contribution in [0.15, 0.2) is 11.6 Å². The lowest BCUT2D eigenvalue weighted by Gasteiger charge is -2.51. The van der Waals surface area contributed by atoms with Gasteiger partial charge in [-0.2, -0.15) is 0 Å². The zero-order valence-electron chi connectivity index (χ0n) is 23.7. The Kier molecular flexibility index (Phi) is 11.0. The van der Waals surface area contributed by atoms with E-state index >= 15 is 0 Å². The molecule has 0 aromatic carbocycles. The van der Waals surface area contributed by atoms with Gasteiger partial charge in [-0.15, -0.1) is 0 Å². The van der Waals surface area contributed by atoms with Crippen LogP contribution in [0.4, 0.5) is 0 Å². The Morgan fingerprint density at radius 1 is 1.00 bits per heavy atom. The molecule has 198 valence electrons. The summed E-state index contributed by atoms with van der Waals surface area (Å²) in [7, 11) is 0. The molecule has 0 aliphatic heterocycles. The molecule has 34 heavy (non-hydrogen) atoms. The molecule has 2 heteroatoms. The van der Waals surface area contributed by atoms with E-state index in [-0.39, 0.29) is 6.61 Å². The van der Waals surface area contributed by atoms with Gasteiger partial charge in [0.25, 0.3) is 0 Å². The molecule has 3 aliphatic carbocycles. The minimum absolute atomic E-state index is 0.282. The Morgan fingerprint density at radius 3 is 2.53 bits per heavy atom. The minimum atomic E-state index is 0.282. The Labute approximate surface area is 212 Å². The lowest BCUT2D eigenvalue weighted by Crippen LogP contribution is -2.44. The van der Waals surface area contributed by atoms with Gasteiger partial charge >= 0.3 is 0 Å². The average Bonchev–Trinajstić information content (AvgIpc) is 3.14. The summed E-state index contributed by atoms with van der Waals surface area (Å²) >= 11 is 0. The second-order valence-corrected chi connectivity index (χ2v) is 13.4. The Hall–Kier alpha value is -0.340. The van der Waals surface area contributed by atoms with Crippen LogP contribution in [-0.2, 0) is 4.74 Å². The topological polar surface area (TPSA) is 29.5 Å². The van der Waals surface area contributed by atoms with Crippen LogP contribution < -0.4 is 0 Å². The first-order valence-electron chi connectivity index (χ1n) is 15.1. The van der Waals surface area contributed by atoms with Crippen LogP contribution in [0.25, 0.3) is 0 Å². The Balaban J connectivity index is 1.67. The highest BCUT2D eigenvalue weighted by Crippen LogP contribution is 2.63. The molecule has 0 saturated heterocycles. The number of allylic oxidation sites excluding steroid dienone is 1. The number of aliphatic hydroxyl groups excluding tert-OH is 1. The molecule has 0 spiro atoms. The van der Waals surface area contributed by atoms with E-state index in [1.165, 1.54) is 64.2 Å². The van der Waals surface area contributed by atoms with E-state index in [0.717, 1.165) is 67.3 Å². The molecular formula is C32H58O2. The summed E-state index contributed by atoms with van der Waals surface area (Å²) in [5, 5.41) is 9.06. The molecule has 1 N–H and O–H groups in total. The lowest BCUT2D eigenvalue weighted by molar-refractivity contribution is -0.0256. The molecule has 0 radical (unpaired) electrons. The smallest absolute Gasteiger partial charge is 0.0612 e. The normalized spacial score (nSPS) is 39.2. The minimum Gasteiger partial charge on any atom is -0.396 e. The van der Waals surface area contributed by atoms with Crippen LogP contribution >= 0.6 is 0 Å². The predicted molar refractivity (Wildman–Crippen MR) is 146 cm³/mol. The predicted octanol–water partition coefficient (Wildman–Crippen LogP) is 8.82. The number of ether oxygens (including phenoxy) is 1. The highest BCUT2D eigenvalue weighted by Gasteiger charge is 2.54. The van der Waals surface area contributed by atoms with Gasteiger partial charge in [0.15, 0.2) is 0 Å². The van der Waals surface area contributed by atoms with E-state index in [1.54, 1.807) is 5.57 Å². The number of rotatable bonds is 10. The third-order valence-electron chi connectivity index (χ3n) is 10.6. The number of aliphatic hydroxyl groups is 1. The Bertz CT molecular complexity index is 625. The van der Waals surface area contributed by atoms with Crippen LogP contribution in [0.2, 0.25) is 0 Å². The molecule has 0 aromatic heterocycles. The summed E-state index contributed by atoms with van der Waals surface area (Å²) in [5.74, 6) is 6.21. The third-order valence-corrected chi connectivity index (χ3v) is 10.6. The van der Waals surface area contributed by atoms with Gasteiger partial charge in [0.1, 0.15) is 0 Å². The first-order chi connectivity index (χ1) is 16.3. The van der Waals surface area contributed by atoms with Crippen molar-refractivity contribution in [2.45, 2.75) is 131 Å². The first kappa shape index (κ1) is 28.2. The molecule has 5 unspecified atom stereocenters. The van der Waals surface area contributed by atoms with E-state index < -0.39 is 0 Å². The molecule has 2 nitrogen and oxygen atoms in total. The maximum Gasteiger partial charge on any atom is 0.0612 e. The highest BCUT2D eigenvalue weighted by atomic mass is 16.5. The quantitative estimate of drug-likeness (QED) is 0.253. The summed E-state index contributed by atoms with van der Waals surface area (Å²) in [6, 6.07) is 0. The molecule has 0 aromatic rings. The fourth-order valence-electron chi connectivity index (χ4n) is 8.54. The van der Waals surface area contributed by atoms with E-state index in [2.05, 4.69) is 47.6 Å². The van der Waals surface area contributed by atoms with Crippen molar-refractivity contribution in [3.63, 3.8) is 0 Å². The molecular weight excluding hydrogens is 416 g/mol. The number of hydrogen-bond acceptors (Lipinski definition) is 2. The number of hydrogen-bond donors (Lipinski definition) is 1. The molecule has 0 amide bonds. The number of unbranched alkanes of at least 4 members (excludes halogenated alkanes) is 1. The Morgan fingerprint density at radius 2 is 1.79 bits per heavy atom. The van der Waals surface area contributed by atoms with Crippen molar-refractivity contribution in [1.82, 2.24) is 0 Å². The molecule has 8 atom stereocenters. The molecule has 2 saturated carbocycles. The fraction of sp³-hybridized carbons (Fsp3) is 0.938. The first-order valence-corrected chi connectivity index (χ1v) is 15.1. The summed E-state index contributed by atoms with van der Waals surface area (Å²) in [6.45, 7) is 16.0. The maximum atomic E-state index is 9.06. The van der Waals surface area contributed by atoms with Crippen LogP contribution in [0.1, 0.15) is 125 Å². The summed E-state index contributed by atoms with van der Waals surface area (Å²) in [4.78, 5) is 0. The van der Waals surface area contributed by atoms with Crippen molar-refractivity contribution in [3.05, 3.63) is 11.6 Å². The summed E-state index contributed by atoms with van der Waals surface area (Å²) in [6.07, 6.45) is 19.9. The maximum absolute atomic E-state index is 9.06. The lowest BCUT2D eigenvalue weighted by atomic mass is 9.53. The van der Waals surface area contributed by atoms with Gasteiger partial charge in [0, 0.05) is 13.2 Å².